The zero-order valence-corrected chi connectivity index (χ0v) is 11.1. The first kappa shape index (κ1) is 13.8. The molecule has 0 saturated carbocycles. The lowest BCUT2D eigenvalue weighted by Gasteiger charge is -2.10. The Morgan fingerprint density at radius 1 is 1.41 bits per heavy atom. The van der Waals surface area contributed by atoms with Crippen LogP contribution < -0.4 is 4.74 Å². The van der Waals surface area contributed by atoms with Crippen molar-refractivity contribution < 1.29 is 14.3 Å². The average molecular weight is 257 g/mol. The molecule has 0 spiro atoms. The first-order valence-corrected chi connectivity index (χ1v) is 5.88. The summed E-state index contributed by atoms with van der Waals surface area (Å²) in [4.78, 5) is 11.1. The van der Waals surface area contributed by atoms with Crippen molar-refractivity contribution in [3.63, 3.8) is 0 Å². The molecule has 0 bridgehead atoms. The van der Waals surface area contributed by atoms with E-state index >= 15 is 0 Å². The standard InChI is InChI=1S/C13H17ClO3/c1-9(2)8-17-11-5-4-10(12(14)7-11)6-13(15)16-3/h4-5,7,9H,6,8H2,1-3H3. The smallest absolute Gasteiger partial charge is 0.310 e. The molecule has 0 fully saturated rings. The van der Waals surface area contributed by atoms with E-state index in [0.717, 1.165) is 11.3 Å². The van der Waals surface area contributed by atoms with E-state index in [1.807, 2.05) is 6.07 Å². The minimum Gasteiger partial charge on any atom is -0.493 e. The molecule has 0 heterocycles. The van der Waals surface area contributed by atoms with Crippen LogP contribution >= 0.6 is 11.6 Å². The summed E-state index contributed by atoms with van der Waals surface area (Å²) < 4.78 is 10.1. The third kappa shape index (κ3) is 4.65. The van der Waals surface area contributed by atoms with Gasteiger partial charge in [-0.25, -0.2) is 0 Å². The Hall–Kier alpha value is -1.22. The number of esters is 1. The van der Waals surface area contributed by atoms with Gasteiger partial charge in [0.1, 0.15) is 5.75 Å². The summed E-state index contributed by atoms with van der Waals surface area (Å²) in [5.74, 6) is 0.878. The van der Waals surface area contributed by atoms with Crippen molar-refractivity contribution in [1.82, 2.24) is 0 Å². The molecule has 0 N–H and O–H groups in total. The molecule has 1 aromatic carbocycles. The Bertz CT molecular complexity index is 388. The number of carbonyl (C=O) groups is 1. The summed E-state index contributed by atoms with van der Waals surface area (Å²) in [5, 5.41) is 0.525. The molecule has 0 unspecified atom stereocenters. The maximum absolute atomic E-state index is 11.1. The van der Waals surface area contributed by atoms with Crippen LogP contribution in [-0.2, 0) is 16.0 Å². The Morgan fingerprint density at radius 2 is 2.12 bits per heavy atom. The number of halogens is 1. The average Bonchev–Trinajstić information content (AvgIpc) is 2.29. The zero-order valence-electron chi connectivity index (χ0n) is 10.3. The Morgan fingerprint density at radius 3 is 2.65 bits per heavy atom. The lowest BCUT2D eigenvalue weighted by atomic mass is 10.1. The molecule has 3 nitrogen and oxygen atoms in total. The van der Waals surface area contributed by atoms with Crippen molar-refractivity contribution in [2.24, 2.45) is 5.92 Å². The van der Waals surface area contributed by atoms with Gasteiger partial charge in [0.25, 0.3) is 0 Å². The molecule has 0 saturated heterocycles. The number of hydrogen-bond donors (Lipinski definition) is 0. The van der Waals surface area contributed by atoms with Crippen molar-refractivity contribution >= 4 is 17.6 Å². The molecule has 1 rings (SSSR count). The Labute approximate surface area is 107 Å². The summed E-state index contributed by atoms with van der Waals surface area (Å²) >= 11 is 6.06. The second-order valence-electron chi connectivity index (χ2n) is 4.21. The molecule has 17 heavy (non-hydrogen) atoms. The van der Waals surface area contributed by atoms with Crippen molar-refractivity contribution in [1.29, 1.82) is 0 Å². The molecule has 0 aromatic heterocycles. The predicted molar refractivity (Wildman–Crippen MR) is 67.5 cm³/mol. The van der Waals surface area contributed by atoms with Gasteiger partial charge in [0.05, 0.1) is 20.1 Å². The molecule has 94 valence electrons. The van der Waals surface area contributed by atoms with Crippen LogP contribution in [0.4, 0.5) is 0 Å². The zero-order chi connectivity index (χ0) is 12.8. The van der Waals surface area contributed by atoms with E-state index in [4.69, 9.17) is 16.3 Å². The van der Waals surface area contributed by atoms with Gasteiger partial charge in [0, 0.05) is 5.02 Å². The van der Waals surface area contributed by atoms with Crippen LogP contribution in [0.5, 0.6) is 5.75 Å². The van der Waals surface area contributed by atoms with E-state index in [9.17, 15) is 4.79 Å². The summed E-state index contributed by atoms with van der Waals surface area (Å²) in [6, 6.07) is 5.32. The fraction of sp³-hybridized carbons (Fsp3) is 0.462. The SMILES string of the molecule is COC(=O)Cc1ccc(OCC(C)C)cc1Cl. The van der Waals surface area contributed by atoms with Gasteiger partial charge in [0.2, 0.25) is 0 Å². The van der Waals surface area contributed by atoms with Gasteiger partial charge in [-0.05, 0) is 23.6 Å². The quantitative estimate of drug-likeness (QED) is 0.760. The molecule has 4 heteroatoms. The third-order valence-corrected chi connectivity index (χ3v) is 2.52. The second-order valence-corrected chi connectivity index (χ2v) is 4.62. The molecular formula is C13H17ClO3. The number of rotatable bonds is 5. The molecule has 0 aliphatic heterocycles. The highest BCUT2D eigenvalue weighted by Gasteiger charge is 2.08. The lowest BCUT2D eigenvalue weighted by molar-refractivity contribution is -0.139. The van der Waals surface area contributed by atoms with Crippen LogP contribution in [0.15, 0.2) is 18.2 Å². The fourth-order valence-corrected chi connectivity index (χ4v) is 1.49. The highest BCUT2D eigenvalue weighted by atomic mass is 35.5. The van der Waals surface area contributed by atoms with E-state index in [1.165, 1.54) is 7.11 Å². The first-order chi connectivity index (χ1) is 8.02. The summed E-state index contributed by atoms with van der Waals surface area (Å²) in [6.45, 7) is 4.80. The van der Waals surface area contributed by atoms with Crippen LogP contribution in [0.2, 0.25) is 5.02 Å². The third-order valence-electron chi connectivity index (χ3n) is 2.17. The minimum absolute atomic E-state index is 0.180. The molecule has 0 aliphatic rings. The van der Waals surface area contributed by atoms with Crippen molar-refractivity contribution in [3.8, 4) is 5.75 Å². The van der Waals surface area contributed by atoms with E-state index in [0.29, 0.717) is 17.5 Å². The number of methoxy groups -OCH3 is 1. The van der Waals surface area contributed by atoms with E-state index < -0.39 is 0 Å². The van der Waals surface area contributed by atoms with Crippen LogP contribution in [0.1, 0.15) is 19.4 Å². The maximum Gasteiger partial charge on any atom is 0.310 e. The topological polar surface area (TPSA) is 35.5 Å². The Balaban J connectivity index is 2.69. The molecular weight excluding hydrogens is 240 g/mol. The van der Waals surface area contributed by atoms with Crippen molar-refractivity contribution in [2.45, 2.75) is 20.3 Å². The van der Waals surface area contributed by atoms with Crippen LogP contribution in [0.25, 0.3) is 0 Å². The summed E-state index contributed by atoms with van der Waals surface area (Å²) in [5.41, 5.74) is 0.746. The van der Waals surface area contributed by atoms with E-state index in [1.54, 1.807) is 12.1 Å². The normalized spacial score (nSPS) is 10.4. The maximum atomic E-state index is 11.1. The van der Waals surface area contributed by atoms with Crippen LogP contribution in [0, 0.1) is 5.92 Å². The van der Waals surface area contributed by atoms with Gasteiger partial charge in [-0.1, -0.05) is 31.5 Å². The first-order valence-electron chi connectivity index (χ1n) is 5.51. The van der Waals surface area contributed by atoms with Crippen molar-refractivity contribution in [2.75, 3.05) is 13.7 Å². The number of benzene rings is 1. The predicted octanol–water partition coefficient (Wildman–Crippen LogP) is 3.09. The van der Waals surface area contributed by atoms with Gasteiger partial charge in [-0.3, -0.25) is 4.79 Å². The second kappa shape index (κ2) is 6.50. The van der Waals surface area contributed by atoms with Gasteiger partial charge in [-0.2, -0.15) is 0 Å². The largest absolute Gasteiger partial charge is 0.493 e. The van der Waals surface area contributed by atoms with E-state index in [2.05, 4.69) is 18.6 Å². The van der Waals surface area contributed by atoms with E-state index in [-0.39, 0.29) is 12.4 Å². The molecule has 0 radical (unpaired) electrons. The Kier molecular flexibility index (Phi) is 5.29. The van der Waals surface area contributed by atoms with Gasteiger partial charge >= 0.3 is 5.97 Å². The van der Waals surface area contributed by atoms with Gasteiger partial charge in [0.15, 0.2) is 0 Å². The fourth-order valence-electron chi connectivity index (χ4n) is 1.25. The number of hydrogen-bond acceptors (Lipinski definition) is 3. The molecule has 0 amide bonds. The highest BCUT2D eigenvalue weighted by molar-refractivity contribution is 6.31. The number of carbonyl (C=O) groups excluding carboxylic acids is 1. The van der Waals surface area contributed by atoms with Gasteiger partial charge < -0.3 is 9.47 Å². The van der Waals surface area contributed by atoms with Crippen LogP contribution in [-0.4, -0.2) is 19.7 Å². The number of ether oxygens (including phenoxy) is 2. The molecule has 1 aromatic rings. The van der Waals surface area contributed by atoms with Crippen molar-refractivity contribution in [3.05, 3.63) is 28.8 Å². The van der Waals surface area contributed by atoms with Crippen LogP contribution in [0.3, 0.4) is 0 Å². The molecule has 0 atom stereocenters. The monoisotopic (exact) mass is 256 g/mol. The van der Waals surface area contributed by atoms with Gasteiger partial charge in [-0.15, -0.1) is 0 Å². The lowest BCUT2D eigenvalue weighted by Crippen LogP contribution is -2.06. The minimum atomic E-state index is -0.303. The highest BCUT2D eigenvalue weighted by Crippen LogP contribution is 2.23. The molecule has 0 aliphatic carbocycles. The summed E-state index contributed by atoms with van der Waals surface area (Å²) in [6.07, 6.45) is 0.180. The summed E-state index contributed by atoms with van der Waals surface area (Å²) in [7, 11) is 1.36.